The second kappa shape index (κ2) is 11.7. The Kier molecular flexibility index (Phi) is 7.78. The summed E-state index contributed by atoms with van der Waals surface area (Å²) in [4.78, 5) is 16.0. The van der Waals surface area contributed by atoms with Gasteiger partial charge in [-0.25, -0.2) is 9.97 Å². The molecule has 0 bridgehead atoms. The van der Waals surface area contributed by atoms with Crippen LogP contribution in [0.25, 0.3) is 22.3 Å². The molecule has 9 nitrogen and oxygen atoms in total. The summed E-state index contributed by atoms with van der Waals surface area (Å²) >= 11 is 0. The Morgan fingerprint density at radius 3 is 2.38 bits per heavy atom. The van der Waals surface area contributed by atoms with Crippen molar-refractivity contribution in [3.63, 3.8) is 0 Å². The third-order valence-corrected chi connectivity index (χ3v) is 6.35. The third kappa shape index (κ3) is 5.66. The number of ether oxygens (including phenoxy) is 3. The topological polar surface area (TPSA) is 87.4 Å². The predicted octanol–water partition coefficient (Wildman–Crippen LogP) is 5.68. The number of methoxy groups -OCH3 is 3. The Balaban J connectivity index is 1.57. The van der Waals surface area contributed by atoms with Crippen molar-refractivity contribution in [2.45, 2.75) is 19.9 Å². The van der Waals surface area contributed by atoms with Crippen LogP contribution in [-0.4, -0.2) is 52.6 Å². The SMILES string of the molecule is COc1cc(OC)cc(N(CC#Cc2ncccc2OC)c2ccc3ncc(-c4cnn(C(C)C)c4)nc3c2)c1. The summed E-state index contributed by atoms with van der Waals surface area (Å²) in [5, 5.41) is 4.45. The van der Waals surface area contributed by atoms with Crippen molar-refractivity contribution in [2.75, 3.05) is 32.8 Å². The highest BCUT2D eigenvalue weighted by molar-refractivity contribution is 5.83. The highest BCUT2D eigenvalue weighted by Gasteiger charge is 2.14. The van der Waals surface area contributed by atoms with E-state index in [2.05, 4.69) is 45.7 Å². The first-order valence-corrected chi connectivity index (χ1v) is 12.8. The summed E-state index contributed by atoms with van der Waals surface area (Å²) in [6.07, 6.45) is 7.28. The van der Waals surface area contributed by atoms with Crippen LogP contribution in [0.4, 0.5) is 11.4 Å². The van der Waals surface area contributed by atoms with E-state index in [1.54, 1.807) is 33.7 Å². The Morgan fingerprint density at radius 1 is 0.875 bits per heavy atom. The van der Waals surface area contributed by atoms with Gasteiger partial charge in [0.05, 0.1) is 57.0 Å². The average molecular weight is 535 g/mol. The van der Waals surface area contributed by atoms with Gasteiger partial charge < -0.3 is 19.1 Å². The van der Waals surface area contributed by atoms with Gasteiger partial charge in [-0.1, -0.05) is 5.92 Å². The predicted molar refractivity (Wildman–Crippen MR) is 155 cm³/mol. The fourth-order valence-electron chi connectivity index (χ4n) is 4.19. The number of nitrogens with zero attached hydrogens (tertiary/aromatic N) is 6. The molecule has 0 radical (unpaired) electrons. The maximum atomic E-state index is 5.54. The zero-order valence-electron chi connectivity index (χ0n) is 23.1. The molecule has 0 aliphatic rings. The molecule has 202 valence electrons. The van der Waals surface area contributed by atoms with E-state index in [0.717, 1.165) is 33.7 Å². The highest BCUT2D eigenvalue weighted by Crippen LogP contribution is 2.34. The van der Waals surface area contributed by atoms with E-state index in [9.17, 15) is 0 Å². The van der Waals surface area contributed by atoms with Crippen LogP contribution in [0.3, 0.4) is 0 Å². The van der Waals surface area contributed by atoms with E-state index >= 15 is 0 Å². The van der Waals surface area contributed by atoms with E-state index in [1.165, 1.54) is 0 Å². The minimum Gasteiger partial charge on any atom is -0.497 e. The molecule has 3 aromatic heterocycles. The van der Waals surface area contributed by atoms with Crippen molar-refractivity contribution < 1.29 is 14.2 Å². The number of anilines is 2. The van der Waals surface area contributed by atoms with Gasteiger partial charge in [0, 0.05) is 53.6 Å². The molecule has 0 saturated heterocycles. The van der Waals surface area contributed by atoms with E-state index in [-0.39, 0.29) is 6.04 Å². The standard InChI is InChI=1S/C31H30N6O3/c1-21(2)37-20-22(18-34-37)30-19-33-27-11-10-23(16-29(27)35-30)36(24-14-25(38-3)17-26(15-24)39-4)13-7-8-28-31(40-5)9-6-12-32-28/h6,9-12,14-21H,13H2,1-5H3. The molecule has 5 aromatic rings. The van der Waals surface area contributed by atoms with Gasteiger partial charge in [-0.05, 0) is 50.1 Å². The largest absolute Gasteiger partial charge is 0.497 e. The van der Waals surface area contributed by atoms with Crippen LogP contribution < -0.4 is 19.1 Å². The summed E-state index contributed by atoms with van der Waals surface area (Å²) in [6.45, 7) is 4.53. The van der Waals surface area contributed by atoms with Crippen LogP contribution >= 0.6 is 0 Å². The first kappa shape index (κ1) is 26.5. The summed E-state index contributed by atoms with van der Waals surface area (Å²) in [7, 11) is 4.87. The molecular formula is C31H30N6O3. The summed E-state index contributed by atoms with van der Waals surface area (Å²) < 4.78 is 18.4. The van der Waals surface area contributed by atoms with Crippen LogP contribution in [0.1, 0.15) is 25.6 Å². The highest BCUT2D eigenvalue weighted by atomic mass is 16.5. The number of aromatic nitrogens is 5. The Bertz CT molecular complexity index is 1680. The summed E-state index contributed by atoms with van der Waals surface area (Å²) in [5.74, 6) is 8.36. The molecule has 0 spiro atoms. The molecule has 0 unspecified atom stereocenters. The number of fused-ring (bicyclic) bond motifs is 1. The van der Waals surface area contributed by atoms with Crippen molar-refractivity contribution in [3.8, 4) is 40.3 Å². The van der Waals surface area contributed by atoms with Gasteiger partial charge in [-0.2, -0.15) is 5.10 Å². The van der Waals surface area contributed by atoms with Crippen LogP contribution in [-0.2, 0) is 0 Å². The lowest BCUT2D eigenvalue weighted by Gasteiger charge is -2.24. The van der Waals surface area contributed by atoms with Crippen LogP contribution in [0, 0.1) is 11.8 Å². The quantitative estimate of drug-likeness (QED) is 0.235. The lowest BCUT2D eigenvalue weighted by Crippen LogP contribution is -2.17. The molecule has 3 heterocycles. The first-order chi connectivity index (χ1) is 19.5. The molecule has 0 fully saturated rings. The van der Waals surface area contributed by atoms with Gasteiger partial charge in [-0.3, -0.25) is 9.67 Å². The van der Waals surface area contributed by atoms with E-state index in [1.807, 2.05) is 65.6 Å². The molecule has 5 rings (SSSR count). The maximum absolute atomic E-state index is 5.54. The van der Waals surface area contributed by atoms with Crippen LogP contribution in [0.15, 0.2) is 73.3 Å². The van der Waals surface area contributed by atoms with Crippen molar-refractivity contribution in [1.82, 2.24) is 24.7 Å². The monoisotopic (exact) mass is 534 g/mol. The Morgan fingerprint density at radius 2 is 1.68 bits per heavy atom. The average Bonchev–Trinajstić information content (AvgIpc) is 3.50. The van der Waals surface area contributed by atoms with E-state index in [0.29, 0.717) is 29.5 Å². The first-order valence-electron chi connectivity index (χ1n) is 12.8. The molecule has 0 amide bonds. The number of rotatable bonds is 8. The van der Waals surface area contributed by atoms with Crippen LogP contribution in [0.5, 0.6) is 17.2 Å². The summed E-state index contributed by atoms with van der Waals surface area (Å²) in [5.41, 5.74) is 5.52. The van der Waals surface area contributed by atoms with Gasteiger partial charge in [-0.15, -0.1) is 0 Å². The van der Waals surface area contributed by atoms with Crippen LogP contribution in [0.2, 0.25) is 0 Å². The molecule has 40 heavy (non-hydrogen) atoms. The van der Waals surface area contributed by atoms with Crippen molar-refractivity contribution in [3.05, 3.63) is 79.0 Å². The van der Waals surface area contributed by atoms with E-state index in [4.69, 9.17) is 19.2 Å². The minimum atomic E-state index is 0.259. The number of benzene rings is 2. The van der Waals surface area contributed by atoms with Gasteiger partial charge in [0.25, 0.3) is 0 Å². The van der Waals surface area contributed by atoms with Crippen molar-refractivity contribution in [1.29, 1.82) is 0 Å². The van der Waals surface area contributed by atoms with Crippen molar-refractivity contribution in [2.24, 2.45) is 0 Å². The normalized spacial score (nSPS) is 10.8. The number of pyridine rings is 1. The zero-order chi connectivity index (χ0) is 28.1. The fraction of sp³-hybridized carbons (Fsp3) is 0.226. The van der Waals surface area contributed by atoms with Gasteiger partial charge in [0.1, 0.15) is 11.5 Å². The van der Waals surface area contributed by atoms with Gasteiger partial charge in [0.15, 0.2) is 11.4 Å². The molecule has 9 heteroatoms. The lowest BCUT2D eigenvalue weighted by molar-refractivity contribution is 0.394. The van der Waals surface area contributed by atoms with Gasteiger partial charge in [0.2, 0.25) is 0 Å². The third-order valence-electron chi connectivity index (χ3n) is 6.35. The second-order valence-corrected chi connectivity index (χ2v) is 9.24. The maximum Gasteiger partial charge on any atom is 0.155 e. The lowest BCUT2D eigenvalue weighted by atomic mass is 10.2. The number of hydrogen-bond donors (Lipinski definition) is 0. The molecule has 2 aromatic carbocycles. The van der Waals surface area contributed by atoms with Gasteiger partial charge >= 0.3 is 0 Å². The molecule has 0 N–H and O–H groups in total. The molecule has 0 aliphatic carbocycles. The smallest absolute Gasteiger partial charge is 0.155 e. The Labute approximate surface area is 233 Å². The zero-order valence-corrected chi connectivity index (χ0v) is 23.1. The van der Waals surface area contributed by atoms with Crippen molar-refractivity contribution >= 4 is 22.4 Å². The second-order valence-electron chi connectivity index (χ2n) is 9.24. The van der Waals surface area contributed by atoms with E-state index < -0.39 is 0 Å². The molecule has 0 saturated carbocycles. The fourth-order valence-corrected chi connectivity index (χ4v) is 4.19. The number of hydrogen-bond acceptors (Lipinski definition) is 8. The summed E-state index contributed by atoms with van der Waals surface area (Å²) in [6, 6.07) is 15.6. The molecule has 0 atom stereocenters. The minimum absolute atomic E-state index is 0.259. The molecule has 0 aliphatic heterocycles. The Hall–Kier alpha value is -5.10. The molecular weight excluding hydrogens is 504 g/mol.